The molecule has 0 amide bonds. The molecule has 0 saturated carbocycles. The minimum absolute atomic E-state index is 0.0279. The Morgan fingerprint density at radius 1 is 1.59 bits per heavy atom. The van der Waals surface area contributed by atoms with Crippen LogP contribution < -0.4 is 10.0 Å². The van der Waals surface area contributed by atoms with Gasteiger partial charge in [0.2, 0.25) is 15.9 Å². The van der Waals surface area contributed by atoms with E-state index in [9.17, 15) is 8.42 Å². The van der Waals surface area contributed by atoms with Crippen molar-refractivity contribution in [3.63, 3.8) is 0 Å². The largest absolute Gasteiger partial charge is 0.406 e. The first kappa shape index (κ1) is 12.1. The Bertz CT molecular complexity index is 490. The van der Waals surface area contributed by atoms with Crippen molar-refractivity contribution >= 4 is 16.0 Å². The van der Waals surface area contributed by atoms with Crippen LogP contribution in [0.15, 0.2) is 17.1 Å². The van der Waals surface area contributed by atoms with E-state index >= 15 is 0 Å². The quantitative estimate of drug-likeness (QED) is 0.743. The molecular formula is C9H14N4O3S. The molecular weight excluding hydrogens is 244 g/mol. The van der Waals surface area contributed by atoms with E-state index in [-0.39, 0.29) is 17.8 Å². The smallest absolute Gasteiger partial charge is 0.329 e. The van der Waals surface area contributed by atoms with Crippen LogP contribution in [0.5, 0.6) is 0 Å². The van der Waals surface area contributed by atoms with Gasteiger partial charge in [0.05, 0.1) is 11.8 Å². The highest BCUT2D eigenvalue weighted by atomic mass is 32.2. The van der Waals surface area contributed by atoms with Crippen LogP contribution in [0.3, 0.4) is 0 Å². The highest BCUT2D eigenvalue weighted by Crippen LogP contribution is 2.23. The van der Waals surface area contributed by atoms with Gasteiger partial charge < -0.3 is 9.73 Å². The average molecular weight is 258 g/mol. The molecule has 1 atom stereocenters. The lowest BCUT2D eigenvalue weighted by molar-refractivity contribution is 0.439. The fourth-order valence-corrected chi connectivity index (χ4v) is 2.38. The molecule has 1 aromatic rings. The predicted octanol–water partition coefficient (Wildman–Crippen LogP) is 0.422. The summed E-state index contributed by atoms with van der Waals surface area (Å²) in [5.41, 5.74) is 0. The molecule has 7 nitrogen and oxygen atoms in total. The van der Waals surface area contributed by atoms with Crippen LogP contribution in [0.2, 0.25) is 0 Å². The molecule has 17 heavy (non-hydrogen) atoms. The van der Waals surface area contributed by atoms with Gasteiger partial charge in [-0.05, 0) is 19.4 Å². The number of nitrogens with zero attached hydrogens (tertiary/aromatic N) is 2. The average Bonchev–Trinajstić information content (AvgIpc) is 2.85. The molecule has 1 saturated heterocycles. The van der Waals surface area contributed by atoms with Gasteiger partial charge in [-0.15, -0.1) is 11.7 Å². The molecule has 94 valence electrons. The van der Waals surface area contributed by atoms with Gasteiger partial charge in [-0.2, -0.15) is 0 Å². The molecule has 2 heterocycles. The van der Waals surface area contributed by atoms with Crippen LogP contribution in [0, 0.1) is 0 Å². The van der Waals surface area contributed by atoms with E-state index in [1.54, 1.807) is 0 Å². The zero-order chi connectivity index (χ0) is 12.3. The molecule has 0 spiro atoms. The summed E-state index contributed by atoms with van der Waals surface area (Å²) in [6.45, 7) is 4.27. The summed E-state index contributed by atoms with van der Waals surface area (Å²) in [5.74, 6) is 0.227. The van der Waals surface area contributed by atoms with Gasteiger partial charge in [0.15, 0.2) is 0 Å². The molecule has 0 aliphatic carbocycles. The number of aromatic nitrogens is 2. The third-order valence-electron chi connectivity index (χ3n) is 2.38. The minimum Gasteiger partial charge on any atom is -0.406 e. The van der Waals surface area contributed by atoms with Gasteiger partial charge in [0.25, 0.3) is 0 Å². The van der Waals surface area contributed by atoms with E-state index in [0.717, 1.165) is 19.4 Å². The van der Waals surface area contributed by atoms with Crippen molar-refractivity contribution in [2.24, 2.45) is 0 Å². The second-order valence-electron chi connectivity index (χ2n) is 3.77. The normalized spacial score (nSPS) is 20.4. The first-order chi connectivity index (χ1) is 8.11. The fourth-order valence-electron chi connectivity index (χ4n) is 1.64. The van der Waals surface area contributed by atoms with E-state index in [1.807, 2.05) is 0 Å². The van der Waals surface area contributed by atoms with Crippen LogP contribution >= 0.6 is 0 Å². The predicted molar refractivity (Wildman–Crippen MR) is 61.9 cm³/mol. The van der Waals surface area contributed by atoms with Crippen molar-refractivity contribution < 1.29 is 12.8 Å². The molecule has 1 aromatic heterocycles. The zero-order valence-corrected chi connectivity index (χ0v) is 10.0. The number of nitrogens with one attached hydrogen (secondary N) is 2. The Morgan fingerprint density at radius 3 is 3.06 bits per heavy atom. The van der Waals surface area contributed by atoms with E-state index in [1.165, 1.54) is 6.08 Å². The second kappa shape index (κ2) is 4.84. The fraction of sp³-hybridized carbons (Fsp3) is 0.556. The number of anilines is 1. The van der Waals surface area contributed by atoms with E-state index in [4.69, 9.17) is 4.42 Å². The molecule has 1 aliphatic rings. The van der Waals surface area contributed by atoms with Crippen LogP contribution in [-0.4, -0.2) is 30.9 Å². The molecule has 0 aromatic carbocycles. The Morgan fingerprint density at radius 2 is 2.41 bits per heavy atom. The maximum Gasteiger partial charge on any atom is 0.329 e. The molecule has 1 unspecified atom stereocenters. The Hall–Kier alpha value is -1.41. The maximum atomic E-state index is 11.4. The van der Waals surface area contributed by atoms with Gasteiger partial charge in [-0.1, -0.05) is 11.2 Å². The van der Waals surface area contributed by atoms with Crippen molar-refractivity contribution in [2.45, 2.75) is 18.9 Å². The van der Waals surface area contributed by atoms with E-state index < -0.39 is 10.0 Å². The van der Waals surface area contributed by atoms with Crippen LogP contribution in [0.25, 0.3) is 0 Å². The highest BCUT2D eigenvalue weighted by molar-refractivity contribution is 7.92. The van der Waals surface area contributed by atoms with Crippen LogP contribution in [0.4, 0.5) is 6.01 Å². The summed E-state index contributed by atoms with van der Waals surface area (Å²) >= 11 is 0. The Balaban J connectivity index is 2.05. The van der Waals surface area contributed by atoms with Crippen LogP contribution in [0.1, 0.15) is 24.8 Å². The molecule has 2 rings (SSSR count). The summed E-state index contributed by atoms with van der Waals surface area (Å²) in [7, 11) is -3.48. The van der Waals surface area contributed by atoms with Gasteiger partial charge in [0.1, 0.15) is 0 Å². The summed E-state index contributed by atoms with van der Waals surface area (Å²) in [6.07, 6.45) is 3.25. The summed E-state index contributed by atoms with van der Waals surface area (Å²) in [4.78, 5) is 0. The van der Waals surface area contributed by atoms with Crippen molar-refractivity contribution in [3.05, 3.63) is 18.5 Å². The third-order valence-corrected chi connectivity index (χ3v) is 3.54. The third kappa shape index (κ3) is 3.04. The topological polar surface area (TPSA) is 97.1 Å². The van der Waals surface area contributed by atoms with Gasteiger partial charge in [0, 0.05) is 0 Å². The Labute approximate surface area is 99.4 Å². The number of rotatable bonds is 5. The van der Waals surface area contributed by atoms with Crippen molar-refractivity contribution in [3.8, 4) is 0 Å². The summed E-state index contributed by atoms with van der Waals surface area (Å²) in [6, 6.07) is -0.0734. The van der Waals surface area contributed by atoms with E-state index in [2.05, 4.69) is 26.8 Å². The molecule has 2 N–H and O–H groups in total. The van der Waals surface area contributed by atoms with E-state index in [0.29, 0.717) is 5.89 Å². The first-order valence-electron chi connectivity index (χ1n) is 5.29. The molecule has 1 aliphatic heterocycles. The monoisotopic (exact) mass is 258 g/mol. The highest BCUT2D eigenvalue weighted by Gasteiger charge is 2.23. The zero-order valence-electron chi connectivity index (χ0n) is 9.22. The van der Waals surface area contributed by atoms with Crippen LogP contribution in [-0.2, 0) is 10.0 Å². The van der Waals surface area contributed by atoms with Gasteiger partial charge in [-0.25, -0.2) is 13.1 Å². The standard InChI is InChI=1S/C9H14N4O3S/c1-2-6-17(14,15)13-9-12-11-8(16-9)7-4-3-5-10-7/h2,7,10H,1,3-6H2,(H,12,13). The lowest BCUT2D eigenvalue weighted by Crippen LogP contribution is -2.15. The SMILES string of the molecule is C=CCS(=O)(=O)Nc1nnc(C2CCCN2)o1. The van der Waals surface area contributed by atoms with Crippen molar-refractivity contribution in [1.82, 2.24) is 15.5 Å². The van der Waals surface area contributed by atoms with Crippen molar-refractivity contribution in [2.75, 3.05) is 17.0 Å². The summed E-state index contributed by atoms with van der Waals surface area (Å²) < 4.78 is 30.2. The first-order valence-corrected chi connectivity index (χ1v) is 6.94. The molecule has 8 heteroatoms. The van der Waals surface area contributed by atoms with Gasteiger partial charge >= 0.3 is 6.01 Å². The lowest BCUT2D eigenvalue weighted by atomic mass is 10.2. The Kier molecular flexibility index (Phi) is 3.43. The number of hydrogen-bond acceptors (Lipinski definition) is 6. The van der Waals surface area contributed by atoms with Gasteiger partial charge in [-0.3, -0.25) is 0 Å². The number of sulfonamides is 1. The second-order valence-corrected chi connectivity index (χ2v) is 5.53. The maximum absolute atomic E-state index is 11.4. The summed E-state index contributed by atoms with van der Waals surface area (Å²) in [5, 5.41) is 10.6. The minimum atomic E-state index is -3.48. The molecule has 0 bridgehead atoms. The molecule has 1 fully saturated rings. The molecule has 0 radical (unpaired) electrons. The number of hydrogen-bond donors (Lipinski definition) is 2. The van der Waals surface area contributed by atoms with Crippen molar-refractivity contribution in [1.29, 1.82) is 0 Å². The lowest BCUT2D eigenvalue weighted by Gasteiger charge is -2.03.